The first-order chi connectivity index (χ1) is 8.26. The lowest BCUT2D eigenvalue weighted by Crippen LogP contribution is -2.16. The minimum Gasteiger partial charge on any atom is -0.465 e. The van der Waals surface area contributed by atoms with Gasteiger partial charge in [-0.15, -0.1) is 6.58 Å². The van der Waals surface area contributed by atoms with Gasteiger partial charge in [0.25, 0.3) is 0 Å². The van der Waals surface area contributed by atoms with E-state index in [-0.39, 0.29) is 6.29 Å². The molecule has 0 aliphatic rings. The Kier molecular flexibility index (Phi) is 6.41. The van der Waals surface area contributed by atoms with Crippen molar-refractivity contribution >= 4 is 0 Å². The van der Waals surface area contributed by atoms with Crippen LogP contribution in [0, 0.1) is 0 Å². The summed E-state index contributed by atoms with van der Waals surface area (Å²) < 4.78 is 11.2. The molecule has 0 radical (unpaired) electrons. The molecule has 0 aliphatic heterocycles. The van der Waals surface area contributed by atoms with Crippen molar-refractivity contribution in [2.75, 3.05) is 6.61 Å². The monoisotopic (exact) mass is 234 g/mol. The van der Waals surface area contributed by atoms with Crippen molar-refractivity contribution in [3.8, 4) is 5.75 Å². The van der Waals surface area contributed by atoms with Crippen LogP contribution in [0.4, 0.5) is 0 Å². The molecule has 0 bridgehead atoms. The Labute approximate surface area is 104 Å². The summed E-state index contributed by atoms with van der Waals surface area (Å²) >= 11 is 0. The number of unbranched alkanes of at least 4 members (excludes halogenated alkanes) is 1. The van der Waals surface area contributed by atoms with Crippen molar-refractivity contribution in [1.29, 1.82) is 0 Å². The van der Waals surface area contributed by atoms with E-state index < -0.39 is 0 Å². The lowest BCUT2D eigenvalue weighted by atomic mass is 10.1. The molecule has 1 unspecified atom stereocenters. The summed E-state index contributed by atoms with van der Waals surface area (Å²) in [7, 11) is 0. The number of hydrogen-bond donors (Lipinski definition) is 0. The molecule has 2 nitrogen and oxygen atoms in total. The van der Waals surface area contributed by atoms with Gasteiger partial charge in [0, 0.05) is 0 Å². The van der Waals surface area contributed by atoms with Gasteiger partial charge in [-0.3, -0.25) is 0 Å². The molecule has 0 N–H and O–H groups in total. The van der Waals surface area contributed by atoms with Crippen LogP contribution in [0.2, 0.25) is 0 Å². The minimum absolute atomic E-state index is 0.188. The van der Waals surface area contributed by atoms with Crippen LogP contribution in [0.1, 0.15) is 32.3 Å². The summed E-state index contributed by atoms with van der Waals surface area (Å²) in [5.74, 6) is 0.849. The molecule has 1 atom stereocenters. The molecule has 0 amide bonds. The number of ether oxygens (including phenoxy) is 2. The normalized spacial score (nSPS) is 12.1. The smallest absolute Gasteiger partial charge is 0.196 e. The summed E-state index contributed by atoms with van der Waals surface area (Å²) in [5.41, 5.74) is 1.24. The Morgan fingerprint density at radius 2 is 2.00 bits per heavy atom. The zero-order valence-electron chi connectivity index (χ0n) is 10.8. The molecule has 0 saturated carbocycles. The van der Waals surface area contributed by atoms with Crippen LogP contribution < -0.4 is 4.74 Å². The maximum Gasteiger partial charge on any atom is 0.196 e. The van der Waals surface area contributed by atoms with Gasteiger partial charge in [0.15, 0.2) is 6.29 Å². The van der Waals surface area contributed by atoms with Crippen molar-refractivity contribution < 1.29 is 9.47 Å². The van der Waals surface area contributed by atoms with Gasteiger partial charge < -0.3 is 9.47 Å². The van der Waals surface area contributed by atoms with E-state index >= 15 is 0 Å². The van der Waals surface area contributed by atoms with E-state index in [1.54, 1.807) is 0 Å². The van der Waals surface area contributed by atoms with Gasteiger partial charge in [0.2, 0.25) is 0 Å². The Hall–Kier alpha value is -1.28. The van der Waals surface area contributed by atoms with Crippen molar-refractivity contribution in [3.05, 3.63) is 42.5 Å². The largest absolute Gasteiger partial charge is 0.465 e. The molecular formula is C15H22O2. The van der Waals surface area contributed by atoms with Crippen LogP contribution in [0.25, 0.3) is 0 Å². The maximum atomic E-state index is 5.65. The van der Waals surface area contributed by atoms with Gasteiger partial charge in [0.05, 0.1) is 6.61 Å². The SMILES string of the molecule is C=CCc1ccc(OC(C)OCCCC)cc1. The Morgan fingerprint density at radius 3 is 2.59 bits per heavy atom. The third-order valence-corrected chi connectivity index (χ3v) is 2.46. The molecule has 0 aliphatic carbocycles. The fourth-order valence-electron chi connectivity index (χ4n) is 1.49. The lowest BCUT2D eigenvalue weighted by Gasteiger charge is -2.15. The highest BCUT2D eigenvalue weighted by molar-refractivity contribution is 5.28. The fourth-order valence-corrected chi connectivity index (χ4v) is 1.49. The number of hydrogen-bond acceptors (Lipinski definition) is 2. The topological polar surface area (TPSA) is 18.5 Å². The quantitative estimate of drug-likeness (QED) is 0.385. The molecule has 17 heavy (non-hydrogen) atoms. The number of benzene rings is 1. The molecule has 2 heteroatoms. The predicted octanol–water partition coefficient (Wildman–Crippen LogP) is 3.96. The van der Waals surface area contributed by atoms with E-state index in [0.29, 0.717) is 0 Å². The first-order valence-corrected chi connectivity index (χ1v) is 6.24. The molecule has 0 saturated heterocycles. The van der Waals surface area contributed by atoms with Crippen LogP contribution in [-0.2, 0) is 11.2 Å². The summed E-state index contributed by atoms with van der Waals surface area (Å²) in [6, 6.07) is 8.04. The molecule has 94 valence electrons. The highest BCUT2D eigenvalue weighted by Gasteiger charge is 2.03. The van der Waals surface area contributed by atoms with Gasteiger partial charge in [-0.2, -0.15) is 0 Å². The molecular weight excluding hydrogens is 212 g/mol. The van der Waals surface area contributed by atoms with Gasteiger partial charge in [-0.25, -0.2) is 0 Å². The summed E-state index contributed by atoms with van der Waals surface area (Å²) in [6.07, 6.45) is 4.82. The molecule has 0 heterocycles. The fraction of sp³-hybridized carbons (Fsp3) is 0.467. The molecule has 0 aromatic heterocycles. The Bertz CT molecular complexity index is 316. The second-order valence-electron chi connectivity index (χ2n) is 4.05. The Morgan fingerprint density at radius 1 is 1.29 bits per heavy atom. The van der Waals surface area contributed by atoms with Crippen molar-refractivity contribution in [2.45, 2.75) is 39.4 Å². The van der Waals surface area contributed by atoms with Crippen LogP contribution in [0.5, 0.6) is 5.75 Å². The zero-order chi connectivity index (χ0) is 12.5. The van der Waals surface area contributed by atoms with E-state index in [2.05, 4.69) is 25.6 Å². The molecule has 1 aromatic rings. The molecule has 0 spiro atoms. The number of rotatable bonds is 8. The minimum atomic E-state index is -0.188. The average Bonchev–Trinajstić information content (AvgIpc) is 2.32. The lowest BCUT2D eigenvalue weighted by molar-refractivity contribution is -0.0673. The van der Waals surface area contributed by atoms with E-state index in [1.165, 1.54) is 5.56 Å². The summed E-state index contributed by atoms with van der Waals surface area (Å²) in [4.78, 5) is 0. The first-order valence-electron chi connectivity index (χ1n) is 6.24. The third-order valence-electron chi connectivity index (χ3n) is 2.46. The maximum absolute atomic E-state index is 5.65. The highest BCUT2D eigenvalue weighted by atomic mass is 16.7. The Balaban J connectivity index is 2.37. The zero-order valence-corrected chi connectivity index (χ0v) is 10.8. The van der Waals surface area contributed by atoms with E-state index in [9.17, 15) is 0 Å². The van der Waals surface area contributed by atoms with Gasteiger partial charge >= 0.3 is 0 Å². The van der Waals surface area contributed by atoms with Crippen molar-refractivity contribution in [3.63, 3.8) is 0 Å². The summed E-state index contributed by atoms with van der Waals surface area (Å²) in [6.45, 7) is 8.54. The highest BCUT2D eigenvalue weighted by Crippen LogP contribution is 2.14. The molecule has 1 aromatic carbocycles. The van der Waals surface area contributed by atoms with Crippen LogP contribution >= 0.6 is 0 Å². The molecule has 1 rings (SSSR count). The van der Waals surface area contributed by atoms with E-state index in [1.807, 2.05) is 25.1 Å². The van der Waals surface area contributed by atoms with Gasteiger partial charge in [0.1, 0.15) is 5.75 Å². The summed E-state index contributed by atoms with van der Waals surface area (Å²) in [5, 5.41) is 0. The third kappa shape index (κ3) is 5.55. The second kappa shape index (κ2) is 7.91. The van der Waals surface area contributed by atoms with Crippen LogP contribution in [0.3, 0.4) is 0 Å². The standard InChI is InChI=1S/C15H22O2/c1-4-6-12-16-13(3)17-15-10-8-14(7-5-2)9-11-15/h5,8-11,13H,2,4,6-7,12H2,1,3H3. The molecule has 0 fully saturated rings. The number of allylic oxidation sites excluding steroid dienone is 1. The predicted molar refractivity (Wildman–Crippen MR) is 71.3 cm³/mol. The van der Waals surface area contributed by atoms with Crippen molar-refractivity contribution in [2.24, 2.45) is 0 Å². The van der Waals surface area contributed by atoms with E-state index in [0.717, 1.165) is 31.6 Å². The van der Waals surface area contributed by atoms with Crippen molar-refractivity contribution in [1.82, 2.24) is 0 Å². The first kappa shape index (κ1) is 13.8. The van der Waals surface area contributed by atoms with Gasteiger partial charge in [-0.05, 0) is 37.5 Å². The van der Waals surface area contributed by atoms with Crippen LogP contribution in [-0.4, -0.2) is 12.9 Å². The second-order valence-corrected chi connectivity index (χ2v) is 4.05. The average molecular weight is 234 g/mol. The van der Waals surface area contributed by atoms with Gasteiger partial charge in [-0.1, -0.05) is 31.6 Å². The van der Waals surface area contributed by atoms with E-state index in [4.69, 9.17) is 9.47 Å². The van der Waals surface area contributed by atoms with Crippen LogP contribution in [0.15, 0.2) is 36.9 Å².